The van der Waals surface area contributed by atoms with Crippen LogP contribution in [0.2, 0.25) is 0 Å². The number of amides is 1. The van der Waals surface area contributed by atoms with Gasteiger partial charge in [-0.15, -0.1) is 0 Å². The van der Waals surface area contributed by atoms with E-state index in [-0.39, 0.29) is 23.0 Å². The topological polar surface area (TPSA) is 88.4 Å². The van der Waals surface area contributed by atoms with Crippen LogP contribution in [0, 0.1) is 0 Å². The van der Waals surface area contributed by atoms with Gasteiger partial charge in [-0.1, -0.05) is 0 Å². The largest absolute Gasteiger partial charge is 0.480 e. The number of aryl methyl sites for hydroxylation is 1. The van der Waals surface area contributed by atoms with Crippen LogP contribution in [-0.4, -0.2) is 27.6 Å². The molecule has 1 atom stereocenters. The van der Waals surface area contributed by atoms with Gasteiger partial charge in [-0.25, -0.2) is 0 Å². The molecule has 9 heteroatoms. The number of carbonyl (C=O) groups excluding carboxylic acids is 1. The van der Waals surface area contributed by atoms with Gasteiger partial charge in [0.05, 0.1) is 11.1 Å². The molecule has 2 aromatic rings. The number of aliphatic carboxylic acids is 1. The molecule has 2 rings (SSSR count). The Kier molecular flexibility index (Phi) is 4.87. The van der Waals surface area contributed by atoms with Crippen molar-refractivity contribution in [1.29, 1.82) is 0 Å². The molecule has 134 valence electrons. The lowest BCUT2D eigenvalue weighted by Crippen LogP contribution is -2.40. The van der Waals surface area contributed by atoms with Gasteiger partial charge >= 0.3 is 12.1 Å². The highest BCUT2D eigenvalue weighted by Gasteiger charge is 2.31. The number of fused-ring (bicyclic) bond motifs is 1. The minimum Gasteiger partial charge on any atom is -0.480 e. The summed E-state index contributed by atoms with van der Waals surface area (Å²) in [5, 5.41) is 10.9. The monoisotopic (exact) mass is 356 g/mol. The Morgan fingerprint density at radius 1 is 1.32 bits per heavy atom. The molecule has 0 radical (unpaired) electrons. The van der Waals surface area contributed by atoms with Crippen molar-refractivity contribution in [2.75, 3.05) is 0 Å². The average molecular weight is 356 g/mol. The third kappa shape index (κ3) is 3.65. The molecule has 0 spiro atoms. The van der Waals surface area contributed by atoms with Gasteiger partial charge in [-0.2, -0.15) is 13.2 Å². The van der Waals surface area contributed by atoms with Crippen LogP contribution in [-0.2, 0) is 17.5 Å². The molecule has 1 aromatic heterocycles. The van der Waals surface area contributed by atoms with Gasteiger partial charge < -0.3 is 15.0 Å². The zero-order chi connectivity index (χ0) is 18.9. The number of hydrogen-bond donors (Lipinski definition) is 2. The van der Waals surface area contributed by atoms with Crippen molar-refractivity contribution in [1.82, 2.24) is 9.88 Å². The third-order valence-electron chi connectivity index (χ3n) is 3.71. The van der Waals surface area contributed by atoms with Crippen molar-refractivity contribution in [3.63, 3.8) is 0 Å². The van der Waals surface area contributed by atoms with Gasteiger partial charge in [0.1, 0.15) is 11.6 Å². The van der Waals surface area contributed by atoms with E-state index < -0.39 is 35.1 Å². The van der Waals surface area contributed by atoms with Crippen LogP contribution in [0.5, 0.6) is 0 Å². The van der Waals surface area contributed by atoms with Crippen LogP contribution in [0.1, 0.15) is 29.8 Å². The summed E-state index contributed by atoms with van der Waals surface area (Å²) >= 11 is 0. The molecule has 0 saturated carbocycles. The van der Waals surface area contributed by atoms with Gasteiger partial charge in [0.2, 0.25) is 5.43 Å². The maximum absolute atomic E-state index is 12.9. The fraction of sp³-hybridized carbons (Fsp3) is 0.312. The first-order valence-electron chi connectivity index (χ1n) is 7.34. The Morgan fingerprint density at radius 3 is 2.48 bits per heavy atom. The van der Waals surface area contributed by atoms with Gasteiger partial charge in [0, 0.05) is 18.1 Å². The van der Waals surface area contributed by atoms with Gasteiger partial charge in [-0.05, 0) is 32.0 Å². The normalized spacial score (nSPS) is 12.8. The average Bonchev–Trinajstić information content (AvgIpc) is 2.53. The van der Waals surface area contributed by atoms with Gasteiger partial charge in [0.25, 0.3) is 5.91 Å². The van der Waals surface area contributed by atoms with Crippen molar-refractivity contribution in [3.05, 3.63) is 45.7 Å². The molecular weight excluding hydrogens is 341 g/mol. The number of alkyl halides is 3. The summed E-state index contributed by atoms with van der Waals surface area (Å²) < 4.78 is 40.0. The van der Waals surface area contributed by atoms with Gasteiger partial charge in [-0.3, -0.25) is 14.4 Å². The van der Waals surface area contributed by atoms with E-state index in [4.69, 9.17) is 5.11 Å². The van der Waals surface area contributed by atoms with Crippen molar-refractivity contribution in [2.45, 2.75) is 32.6 Å². The highest BCUT2D eigenvalue weighted by Crippen LogP contribution is 2.31. The summed E-state index contributed by atoms with van der Waals surface area (Å²) in [6.45, 7) is 3.09. The second kappa shape index (κ2) is 6.58. The number of rotatable bonds is 4. The van der Waals surface area contributed by atoms with Crippen LogP contribution in [0.15, 0.2) is 29.2 Å². The molecule has 0 bridgehead atoms. The number of benzene rings is 1. The van der Waals surface area contributed by atoms with E-state index in [1.807, 2.05) is 0 Å². The quantitative estimate of drug-likeness (QED) is 0.879. The van der Waals surface area contributed by atoms with E-state index in [1.165, 1.54) is 11.5 Å². The van der Waals surface area contributed by atoms with Crippen LogP contribution in [0.25, 0.3) is 10.9 Å². The number of aromatic nitrogens is 1. The molecule has 25 heavy (non-hydrogen) atoms. The summed E-state index contributed by atoms with van der Waals surface area (Å²) in [7, 11) is 0. The Hall–Kier alpha value is -2.84. The number of carbonyl (C=O) groups is 2. The first kappa shape index (κ1) is 18.5. The van der Waals surface area contributed by atoms with Crippen LogP contribution in [0.4, 0.5) is 13.2 Å². The third-order valence-corrected chi connectivity index (χ3v) is 3.71. The van der Waals surface area contributed by atoms with Crippen molar-refractivity contribution < 1.29 is 27.9 Å². The predicted molar refractivity (Wildman–Crippen MR) is 83.4 cm³/mol. The number of hydrogen-bond acceptors (Lipinski definition) is 3. The number of halogens is 3. The summed E-state index contributed by atoms with van der Waals surface area (Å²) in [5.74, 6) is -2.18. The fourth-order valence-electron chi connectivity index (χ4n) is 2.33. The smallest absolute Gasteiger partial charge is 0.416 e. The summed E-state index contributed by atoms with van der Waals surface area (Å²) in [6.07, 6.45) is -3.43. The first-order valence-corrected chi connectivity index (χ1v) is 7.34. The molecule has 0 aliphatic rings. The van der Waals surface area contributed by atoms with Crippen molar-refractivity contribution in [2.24, 2.45) is 0 Å². The molecule has 1 aromatic carbocycles. The summed E-state index contributed by atoms with van der Waals surface area (Å²) in [6, 6.07) is 1.42. The Morgan fingerprint density at radius 2 is 1.96 bits per heavy atom. The molecule has 0 saturated heterocycles. The maximum Gasteiger partial charge on any atom is 0.416 e. The lowest BCUT2D eigenvalue weighted by atomic mass is 10.1. The van der Waals surface area contributed by atoms with Gasteiger partial charge in [0.15, 0.2) is 0 Å². The maximum atomic E-state index is 12.9. The molecule has 1 heterocycles. The van der Waals surface area contributed by atoms with E-state index in [0.717, 1.165) is 24.4 Å². The zero-order valence-corrected chi connectivity index (χ0v) is 13.3. The molecule has 0 unspecified atom stereocenters. The molecule has 6 nitrogen and oxygen atoms in total. The molecule has 1 amide bonds. The highest BCUT2D eigenvalue weighted by atomic mass is 19.4. The van der Waals surface area contributed by atoms with Crippen molar-refractivity contribution >= 4 is 22.8 Å². The summed E-state index contributed by atoms with van der Waals surface area (Å²) in [4.78, 5) is 35.4. The number of pyridine rings is 1. The van der Waals surface area contributed by atoms with E-state index in [1.54, 1.807) is 6.92 Å². The number of carboxylic acid groups (broad SMARTS) is 1. The van der Waals surface area contributed by atoms with E-state index in [2.05, 4.69) is 5.32 Å². The van der Waals surface area contributed by atoms with E-state index in [9.17, 15) is 27.6 Å². The zero-order valence-electron chi connectivity index (χ0n) is 13.3. The summed E-state index contributed by atoms with van der Waals surface area (Å²) in [5.41, 5.74) is -1.95. The number of nitrogens with one attached hydrogen (secondary N) is 1. The molecule has 0 aliphatic heterocycles. The lowest BCUT2D eigenvalue weighted by Gasteiger charge is -2.15. The van der Waals surface area contributed by atoms with E-state index in [0.29, 0.717) is 0 Å². The molecular formula is C16H15F3N2O4. The minimum atomic E-state index is -4.56. The molecule has 2 N–H and O–H groups in total. The van der Waals surface area contributed by atoms with Crippen LogP contribution >= 0.6 is 0 Å². The Bertz CT molecular complexity index is 903. The van der Waals surface area contributed by atoms with E-state index >= 15 is 0 Å². The minimum absolute atomic E-state index is 0.0464. The first-order chi connectivity index (χ1) is 11.6. The highest BCUT2D eigenvalue weighted by molar-refractivity contribution is 5.99. The standard InChI is InChI=1S/C16H15F3N2O4/c1-3-21-7-11(14(23)20-8(2)15(24)25)13(22)10-5-4-9(6-12(10)21)16(17,18)19/h4-8H,3H2,1-2H3,(H,20,23)(H,24,25)/t8-/m1/s1. The van der Waals surface area contributed by atoms with Crippen LogP contribution < -0.4 is 10.7 Å². The Labute approximate surface area is 139 Å². The molecule has 0 fully saturated rings. The lowest BCUT2D eigenvalue weighted by molar-refractivity contribution is -0.139. The number of carboxylic acids is 1. The Balaban J connectivity index is 2.62. The second-order valence-corrected chi connectivity index (χ2v) is 5.42. The SMILES string of the molecule is CCn1cc(C(=O)N[C@H](C)C(=O)O)c(=O)c2ccc(C(F)(F)F)cc21. The second-order valence-electron chi connectivity index (χ2n) is 5.42. The number of nitrogens with zero attached hydrogens (tertiary/aromatic N) is 1. The molecule has 0 aliphatic carbocycles. The fourth-order valence-corrected chi connectivity index (χ4v) is 2.33. The van der Waals surface area contributed by atoms with Crippen LogP contribution in [0.3, 0.4) is 0 Å². The predicted octanol–water partition coefficient (Wildman–Crippen LogP) is 2.24. The van der Waals surface area contributed by atoms with Crippen molar-refractivity contribution in [3.8, 4) is 0 Å².